The number of hydrogen-bond acceptors (Lipinski definition) is 6. The van der Waals surface area contributed by atoms with E-state index in [4.69, 9.17) is 41.7 Å². The molecule has 0 aromatic heterocycles. The minimum Gasteiger partial charge on any atom is -0.424 e. The maximum absolute atomic E-state index is 6.58. The number of para-hydroxylation sites is 2. The van der Waals surface area contributed by atoms with E-state index in [-0.39, 0.29) is 23.0 Å². The van der Waals surface area contributed by atoms with Crippen LogP contribution < -0.4 is 13.9 Å². The topological polar surface area (TPSA) is 49.0 Å². The van der Waals surface area contributed by atoms with Crippen molar-refractivity contribution in [2.24, 2.45) is 0 Å². The summed E-state index contributed by atoms with van der Waals surface area (Å²) < 4.78 is 25.4. The third-order valence-corrected chi connectivity index (χ3v) is 11.4. The fraction of sp³-hybridized carbons (Fsp3) is 0.538. The summed E-state index contributed by atoms with van der Waals surface area (Å²) in [6, 6.07) is 15.8. The smallest absolute Gasteiger partial charge is 0.372 e. The SMILES string of the molecule is CC(C)OP(=S)(NP(=S)(Oc1ccccc1C(C)(C)C)Oc1ccccc1C(C)(C)C)OC(C)C. The van der Waals surface area contributed by atoms with Crippen LogP contribution in [0.5, 0.6) is 11.5 Å². The first-order valence-corrected chi connectivity index (χ1v) is 17.2. The molecule has 196 valence electrons. The van der Waals surface area contributed by atoms with Crippen molar-refractivity contribution in [1.82, 2.24) is 4.86 Å². The molecule has 1 N–H and O–H groups in total. The molecule has 2 aromatic rings. The van der Waals surface area contributed by atoms with Gasteiger partial charge in [0.05, 0.1) is 12.2 Å². The lowest BCUT2D eigenvalue weighted by molar-refractivity contribution is 0.172. The van der Waals surface area contributed by atoms with Gasteiger partial charge in [0, 0.05) is 22.9 Å². The highest BCUT2D eigenvalue weighted by atomic mass is 32.5. The number of hydrogen-bond donors (Lipinski definition) is 1. The summed E-state index contributed by atoms with van der Waals surface area (Å²) in [5, 5.41) is 0. The molecule has 35 heavy (non-hydrogen) atoms. The van der Waals surface area contributed by atoms with Crippen LogP contribution in [-0.2, 0) is 43.5 Å². The maximum Gasteiger partial charge on any atom is 0.372 e. The van der Waals surface area contributed by atoms with Crippen LogP contribution in [0.25, 0.3) is 0 Å². The van der Waals surface area contributed by atoms with Crippen molar-refractivity contribution in [1.29, 1.82) is 0 Å². The standard InChI is InChI=1S/C26H41NO4P2S2/c1-19(2)28-32(34,29-20(3)4)27-33(35,30-23-17-13-11-15-21(23)25(5,6)7)31-24-18-14-12-16-22(24)26(8,9)10/h11-20H,1-10H3,(H,27,34,35). The van der Waals surface area contributed by atoms with Crippen molar-refractivity contribution in [2.75, 3.05) is 0 Å². The van der Waals surface area contributed by atoms with Gasteiger partial charge in [0.2, 0.25) is 0 Å². The minimum absolute atomic E-state index is 0.164. The summed E-state index contributed by atoms with van der Waals surface area (Å²) in [4.78, 5) is 3.29. The minimum atomic E-state index is -3.31. The van der Waals surface area contributed by atoms with Gasteiger partial charge in [0.15, 0.2) is 0 Å². The first-order valence-electron chi connectivity index (χ1n) is 11.9. The Kier molecular flexibility index (Phi) is 10.2. The second kappa shape index (κ2) is 11.7. The van der Waals surface area contributed by atoms with Crippen molar-refractivity contribution in [3.63, 3.8) is 0 Å². The summed E-state index contributed by atoms with van der Waals surface area (Å²) in [5.74, 6) is 1.31. The highest BCUT2D eigenvalue weighted by Crippen LogP contribution is 2.60. The van der Waals surface area contributed by atoms with Gasteiger partial charge in [-0.25, -0.2) is 0 Å². The fourth-order valence-electron chi connectivity index (χ4n) is 3.43. The van der Waals surface area contributed by atoms with Crippen molar-refractivity contribution >= 4 is 36.9 Å². The molecule has 2 aromatic carbocycles. The van der Waals surface area contributed by atoms with Crippen LogP contribution in [0.3, 0.4) is 0 Å². The van der Waals surface area contributed by atoms with E-state index in [0.29, 0.717) is 11.5 Å². The molecule has 0 aliphatic carbocycles. The quantitative estimate of drug-likeness (QED) is 0.293. The van der Waals surface area contributed by atoms with Gasteiger partial charge >= 0.3 is 6.64 Å². The number of rotatable bonds is 10. The molecule has 0 unspecified atom stereocenters. The summed E-state index contributed by atoms with van der Waals surface area (Å²) in [5.41, 5.74) is 1.71. The molecule has 0 saturated heterocycles. The molecule has 0 aliphatic rings. The van der Waals surface area contributed by atoms with E-state index in [0.717, 1.165) is 11.1 Å². The van der Waals surface area contributed by atoms with E-state index in [9.17, 15) is 0 Å². The predicted octanol–water partition coefficient (Wildman–Crippen LogP) is 8.63. The van der Waals surface area contributed by atoms with Gasteiger partial charge in [-0.15, -0.1) is 0 Å². The Hall–Kier alpha value is -0.780. The van der Waals surface area contributed by atoms with E-state index < -0.39 is 13.3 Å². The van der Waals surface area contributed by atoms with Crippen molar-refractivity contribution in [2.45, 2.75) is 92.3 Å². The Morgan fingerprint density at radius 2 is 0.971 bits per heavy atom. The molecular formula is C26H41NO4P2S2. The lowest BCUT2D eigenvalue weighted by Gasteiger charge is -2.34. The Morgan fingerprint density at radius 1 is 0.629 bits per heavy atom. The van der Waals surface area contributed by atoms with Gasteiger partial charge in [-0.2, -0.15) is 4.86 Å². The van der Waals surface area contributed by atoms with E-state index in [1.807, 2.05) is 76.2 Å². The van der Waals surface area contributed by atoms with Gasteiger partial charge < -0.3 is 18.1 Å². The molecule has 9 heteroatoms. The normalized spacial score (nSPS) is 13.4. The molecule has 0 amide bonds. The molecule has 0 atom stereocenters. The van der Waals surface area contributed by atoms with E-state index in [1.165, 1.54) is 0 Å². The average molecular weight is 558 g/mol. The first kappa shape index (κ1) is 30.4. The molecule has 2 rings (SSSR count). The lowest BCUT2D eigenvalue weighted by atomic mass is 9.86. The van der Waals surface area contributed by atoms with Gasteiger partial charge in [-0.3, -0.25) is 0 Å². The van der Waals surface area contributed by atoms with Crippen LogP contribution in [-0.4, -0.2) is 12.2 Å². The van der Waals surface area contributed by atoms with Crippen molar-refractivity contribution in [3.05, 3.63) is 59.7 Å². The summed E-state index contributed by atoms with van der Waals surface area (Å²) in [7, 11) is 0. The Morgan fingerprint density at radius 3 is 1.29 bits per heavy atom. The van der Waals surface area contributed by atoms with Crippen LogP contribution in [0.2, 0.25) is 0 Å². The summed E-state index contributed by atoms with van der Waals surface area (Å²) in [6.45, 7) is 14.1. The van der Waals surface area contributed by atoms with Crippen LogP contribution in [0.1, 0.15) is 80.4 Å². The zero-order valence-corrected chi connectivity index (χ0v) is 26.0. The maximum atomic E-state index is 6.58. The Labute approximate surface area is 222 Å². The molecule has 5 nitrogen and oxygen atoms in total. The lowest BCUT2D eigenvalue weighted by Crippen LogP contribution is -2.24. The van der Waals surface area contributed by atoms with Gasteiger partial charge in [0.25, 0.3) is 6.64 Å². The molecule has 0 fully saturated rings. The van der Waals surface area contributed by atoms with E-state index >= 15 is 0 Å². The van der Waals surface area contributed by atoms with Gasteiger partial charge in [-0.05, 0) is 62.5 Å². The highest BCUT2D eigenvalue weighted by Gasteiger charge is 2.37. The van der Waals surface area contributed by atoms with E-state index in [1.54, 1.807) is 0 Å². The molecule has 0 bridgehead atoms. The fourth-order valence-corrected chi connectivity index (χ4v) is 11.3. The van der Waals surface area contributed by atoms with Crippen LogP contribution in [0, 0.1) is 0 Å². The molecule has 0 heterocycles. The van der Waals surface area contributed by atoms with Crippen LogP contribution in [0.15, 0.2) is 48.5 Å². The van der Waals surface area contributed by atoms with Crippen LogP contribution >= 0.6 is 13.3 Å². The number of nitrogens with one attached hydrogen (secondary N) is 1. The Balaban J connectivity index is 2.63. The summed E-state index contributed by atoms with van der Waals surface area (Å²) >= 11 is 12.0. The largest absolute Gasteiger partial charge is 0.424 e. The van der Waals surface area contributed by atoms with Crippen molar-refractivity contribution < 1.29 is 18.1 Å². The second-order valence-corrected chi connectivity index (χ2v) is 17.5. The van der Waals surface area contributed by atoms with Gasteiger partial charge in [0.1, 0.15) is 11.5 Å². The molecule has 0 aliphatic heterocycles. The average Bonchev–Trinajstić information content (AvgIpc) is 2.65. The zero-order valence-electron chi connectivity index (χ0n) is 22.6. The third kappa shape index (κ3) is 9.23. The molecule has 0 saturated carbocycles. The zero-order chi connectivity index (χ0) is 26.7. The monoisotopic (exact) mass is 557 g/mol. The number of benzene rings is 2. The van der Waals surface area contributed by atoms with Gasteiger partial charge in [-0.1, -0.05) is 77.9 Å². The van der Waals surface area contributed by atoms with Crippen LogP contribution in [0.4, 0.5) is 0 Å². The summed E-state index contributed by atoms with van der Waals surface area (Å²) in [6.07, 6.45) is -0.335. The molecule has 0 spiro atoms. The molecular weight excluding hydrogens is 516 g/mol. The highest BCUT2D eigenvalue weighted by molar-refractivity contribution is 8.17. The third-order valence-electron chi connectivity index (χ3n) is 4.77. The molecule has 0 radical (unpaired) electrons. The Bertz CT molecular complexity index is 1010. The van der Waals surface area contributed by atoms with Crippen molar-refractivity contribution in [3.8, 4) is 11.5 Å². The predicted molar refractivity (Wildman–Crippen MR) is 156 cm³/mol. The van der Waals surface area contributed by atoms with E-state index in [2.05, 4.69) is 46.4 Å². The second-order valence-electron chi connectivity index (χ2n) is 11.1. The first-order chi connectivity index (χ1) is 15.9.